The van der Waals surface area contributed by atoms with Crippen LogP contribution >= 0.6 is 11.8 Å². The van der Waals surface area contributed by atoms with Gasteiger partial charge in [-0.1, -0.05) is 23.9 Å². The number of hydrogen-bond acceptors (Lipinski definition) is 4. The number of nitrogens with one attached hydrogen (secondary N) is 2. The molecule has 1 heterocycles. The van der Waals surface area contributed by atoms with E-state index < -0.39 is 5.69 Å². The Hall–Kier alpha value is -2.08. The van der Waals surface area contributed by atoms with Gasteiger partial charge in [-0.3, -0.25) is 4.79 Å². The van der Waals surface area contributed by atoms with Crippen LogP contribution in [0.5, 0.6) is 0 Å². The molecule has 2 N–H and O–H groups in total. The zero-order chi connectivity index (χ0) is 15.4. The van der Waals surface area contributed by atoms with Gasteiger partial charge in [0.25, 0.3) is 0 Å². The van der Waals surface area contributed by atoms with Crippen molar-refractivity contribution in [1.29, 1.82) is 0 Å². The number of H-pyrrole nitrogens is 1. The van der Waals surface area contributed by atoms with Crippen LogP contribution in [0.25, 0.3) is 0 Å². The topological polar surface area (TPSA) is 74.8 Å². The highest BCUT2D eigenvalue weighted by molar-refractivity contribution is 7.99. The van der Waals surface area contributed by atoms with Crippen molar-refractivity contribution in [3.8, 4) is 0 Å². The number of aromatic amines is 1. The lowest BCUT2D eigenvalue weighted by molar-refractivity contribution is -0.113. The first-order valence-corrected chi connectivity index (χ1v) is 7.50. The van der Waals surface area contributed by atoms with Crippen LogP contribution in [-0.4, -0.2) is 21.6 Å². The number of aryl methyl sites for hydroxylation is 3. The van der Waals surface area contributed by atoms with Gasteiger partial charge >= 0.3 is 5.69 Å². The van der Waals surface area contributed by atoms with Crippen LogP contribution in [0.1, 0.15) is 16.8 Å². The Bertz CT molecular complexity index is 725. The number of rotatable bonds is 4. The molecule has 0 fully saturated rings. The average molecular weight is 303 g/mol. The third-order valence-corrected chi connectivity index (χ3v) is 3.79. The van der Waals surface area contributed by atoms with E-state index in [1.54, 1.807) is 13.0 Å². The van der Waals surface area contributed by atoms with E-state index in [1.165, 1.54) is 11.8 Å². The molecule has 0 spiro atoms. The highest BCUT2D eigenvalue weighted by Crippen LogP contribution is 2.18. The molecule has 2 aromatic rings. The van der Waals surface area contributed by atoms with E-state index in [4.69, 9.17) is 0 Å². The molecule has 0 atom stereocenters. The minimum Gasteiger partial charge on any atom is -0.325 e. The molecule has 1 amide bonds. The van der Waals surface area contributed by atoms with Gasteiger partial charge in [-0.15, -0.1) is 0 Å². The van der Waals surface area contributed by atoms with Crippen molar-refractivity contribution < 1.29 is 4.79 Å². The van der Waals surface area contributed by atoms with E-state index in [-0.39, 0.29) is 11.7 Å². The largest absolute Gasteiger partial charge is 0.346 e. The van der Waals surface area contributed by atoms with Crippen LogP contribution < -0.4 is 11.0 Å². The van der Waals surface area contributed by atoms with E-state index in [0.717, 1.165) is 22.5 Å². The molecular weight excluding hydrogens is 286 g/mol. The molecule has 0 aliphatic heterocycles. The summed E-state index contributed by atoms with van der Waals surface area (Å²) >= 11 is 1.24. The third-order valence-electron chi connectivity index (χ3n) is 2.87. The van der Waals surface area contributed by atoms with Gasteiger partial charge in [0.1, 0.15) is 5.03 Å². The minimum absolute atomic E-state index is 0.117. The van der Waals surface area contributed by atoms with Crippen molar-refractivity contribution in [1.82, 2.24) is 9.97 Å². The fourth-order valence-corrected chi connectivity index (χ4v) is 2.58. The molecule has 0 aliphatic rings. The summed E-state index contributed by atoms with van der Waals surface area (Å²) < 4.78 is 0. The molecule has 0 saturated heterocycles. The summed E-state index contributed by atoms with van der Waals surface area (Å²) in [6.45, 7) is 5.71. The van der Waals surface area contributed by atoms with Crippen molar-refractivity contribution in [3.63, 3.8) is 0 Å². The van der Waals surface area contributed by atoms with Crippen molar-refractivity contribution in [2.45, 2.75) is 25.8 Å². The molecule has 0 aliphatic carbocycles. The zero-order valence-electron chi connectivity index (χ0n) is 12.2. The molecular formula is C15H17N3O2S. The summed E-state index contributed by atoms with van der Waals surface area (Å²) in [5.41, 5.74) is 3.26. The lowest BCUT2D eigenvalue weighted by atomic mass is 10.1. The SMILES string of the molecule is Cc1ccc(C)c(NC(=O)CSc2cc(C)[nH]c(=O)n2)c1. The lowest BCUT2D eigenvalue weighted by Gasteiger charge is -2.09. The van der Waals surface area contributed by atoms with Gasteiger partial charge in [-0.25, -0.2) is 4.79 Å². The number of hydrogen-bond donors (Lipinski definition) is 2. The molecule has 2 rings (SSSR count). The summed E-state index contributed by atoms with van der Waals surface area (Å²) in [7, 11) is 0. The van der Waals surface area contributed by atoms with Crippen molar-refractivity contribution in [2.75, 3.05) is 11.1 Å². The maximum atomic E-state index is 12.0. The van der Waals surface area contributed by atoms with Gasteiger partial charge in [0, 0.05) is 11.4 Å². The quantitative estimate of drug-likeness (QED) is 0.672. The fraction of sp³-hybridized carbons (Fsp3) is 0.267. The summed E-state index contributed by atoms with van der Waals surface area (Å²) in [6.07, 6.45) is 0. The van der Waals surface area contributed by atoms with Gasteiger partial charge in [0.15, 0.2) is 0 Å². The number of amides is 1. The average Bonchev–Trinajstić information content (AvgIpc) is 2.40. The number of nitrogens with zero attached hydrogens (tertiary/aromatic N) is 1. The third kappa shape index (κ3) is 4.46. The minimum atomic E-state index is -0.396. The van der Waals surface area contributed by atoms with Crippen LogP contribution in [0.3, 0.4) is 0 Å². The molecule has 0 bridgehead atoms. The smallest absolute Gasteiger partial charge is 0.325 e. The van der Waals surface area contributed by atoms with E-state index >= 15 is 0 Å². The molecule has 1 aromatic heterocycles. The second kappa shape index (κ2) is 6.58. The van der Waals surface area contributed by atoms with E-state index in [2.05, 4.69) is 15.3 Å². The second-order valence-electron chi connectivity index (χ2n) is 4.86. The number of aromatic nitrogens is 2. The summed E-state index contributed by atoms with van der Waals surface area (Å²) in [5, 5.41) is 3.43. The number of thioether (sulfide) groups is 1. The molecule has 0 radical (unpaired) electrons. The van der Waals surface area contributed by atoms with E-state index in [9.17, 15) is 9.59 Å². The maximum Gasteiger partial charge on any atom is 0.346 e. The predicted octanol–water partition coefficient (Wildman–Crippen LogP) is 2.43. The van der Waals surface area contributed by atoms with Gasteiger partial charge in [-0.2, -0.15) is 4.98 Å². The Morgan fingerprint density at radius 1 is 1.29 bits per heavy atom. The Balaban J connectivity index is 1.99. The van der Waals surface area contributed by atoms with Gasteiger partial charge in [0.05, 0.1) is 5.75 Å². The predicted molar refractivity (Wildman–Crippen MR) is 84.9 cm³/mol. The number of anilines is 1. The van der Waals surface area contributed by atoms with Crippen LogP contribution in [0, 0.1) is 20.8 Å². The normalized spacial score (nSPS) is 10.4. The summed E-state index contributed by atoms with van der Waals surface area (Å²) in [5.74, 6) is 0.0944. The van der Waals surface area contributed by atoms with Crippen molar-refractivity contribution in [3.05, 3.63) is 51.6 Å². The number of benzene rings is 1. The van der Waals surface area contributed by atoms with E-state index in [0.29, 0.717) is 5.03 Å². The second-order valence-corrected chi connectivity index (χ2v) is 5.86. The first-order chi connectivity index (χ1) is 9.94. The summed E-state index contributed by atoms with van der Waals surface area (Å²) in [4.78, 5) is 29.6. The summed E-state index contributed by atoms with van der Waals surface area (Å²) in [6, 6.07) is 7.66. The number of carbonyl (C=O) groups excluding carboxylic acids is 1. The van der Waals surface area contributed by atoms with Crippen LogP contribution in [0.4, 0.5) is 5.69 Å². The molecule has 21 heavy (non-hydrogen) atoms. The van der Waals surface area contributed by atoms with Gasteiger partial charge in [-0.05, 0) is 44.0 Å². The lowest BCUT2D eigenvalue weighted by Crippen LogP contribution is -2.16. The maximum absolute atomic E-state index is 12.0. The zero-order valence-corrected chi connectivity index (χ0v) is 13.0. The highest BCUT2D eigenvalue weighted by atomic mass is 32.2. The standard InChI is InChI=1S/C15H17N3O2S/c1-9-4-5-10(2)12(6-9)17-13(19)8-21-14-7-11(3)16-15(20)18-14/h4-7H,8H2,1-3H3,(H,17,19)(H,16,18,20). The Labute approximate surface area is 127 Å². The fourth-order valence-electron chi connectivity index (χ4n) is 1.82. The first-order valence-electron chi connectivity index (χ1n) is 6.52. The van der Waals surface area contributed by atoms with Gasteiger partial charge < -0.3 is 10.3 Å². The number of carbonyl (C=O) groups is 1. The van der Waals surface area contributed by atoms with Gasteiger partial charge in [0.2, 0.25) is 5.91 Å². The van der Waals surface area contributed by atoms with Crippen LogP contribution in [0.2, 0.25) is 0 Å². The molecule has 1 aromatic carbocycles. The van der Waals surface area contributed by atoms with Crippen LogP contribution in [-0.2, 0) is 4.79 Å². The monoisotopic (exact) mass is 303 g/mol. The Morgan fingerprint density at radius 3 is 2.76 bits per heavy atom. The molecule has 0 unspecified atom stereocenters. The van der Waals surface area contributed by atoms with E-state index in [1.807, 2.05) is 32.0 Å². The molecule has 5 nitrogen and oxygen atoms in total. The van der Waals surface area contributed by atoms with Crippen molar-refractivity contribution in [2.24, 2.45) is 0 Å². The highest BCUT2D eigenvalue weighted by Gasteiger charge is 2.07. The molecule has 110 valence electrons. The van der Waals surface area contributed by atoms with Crippen LogP contribution in [0.15, 0.2) is 34.1 Å². The first kappa shape index (κ1) is 15.3. The Kier molecular flexibility index (Phi) is 4.80. The molecule has 0 saturated carbocycles. The Morgan fingerprint density at radius 2 is 2.05 bits per heavy atom. The van der Waals surface area contributed by atoms with Crippen molar-refractivity contribution >= 4 is 23.4 Å². The molecule has 6 heteroatoms.